The summed E-state index contributed by atoms with van der Waals surface area (Å²) in [5.74, 6) is -0.134. The third-order valence-corrected chi connectivity index (χ3v) is 4.58. The van der Waals surface area contributed by atoms with Crippen LogP contribution in [-0.2, 0) is 0 Å². The van der Waals surface area contributed by atoms with Crippen LogP contribution < -0.4 is 0 Å². The Hall–Kier alpha value is -3.09. The van der Waals surface area contributed by atoms with Gasteiger partial charge in [0.25, 0.3) is 5.91 Å². The molecule has 7 heteroatoms. The summed E-state index contributed by atoms with van der Waals surface area (Å²) >= 11 is 0. The lowest BCUT2D eigenvalue weighted by atomic mass is 9.90. The van der Waals surface area contributed by atoms with E-state index in [-0.39, 0.29) is 17.6 Å². The van der Waals surface area contributed by atoms with Crippen molar-refractivity contribution in [2.24, 2.45) is 5.92 Å². The number of carbonyl (C=O) groups excluding carboxylic acids is 2. The molecular weight excluding hydrogens is 318 g/mol. The fraction of sp³-hybridized carbons (Fsp3) is 0.278. The average Bonchev–Trinajstić information content (AvgIpc) is 3.15. The van der Waals surface area contributed by atoms with Crippen molar-refractivity contribution in [1.82, 2.24) is 24.9 Å². The van der Waals surface area contributed by atoms with Crippen LogP contribution in [-0.4, -0.2) is 49.7 Å². The summed E-state index contributed by atoms with van der Waals surface area (Å²) in [5.41, 5.74) is 1.77. The number of amides is 1. The molecule has 4 rings (SSSR count). The van der Waals surface area contributed by atoms with Crippen LogP contribution >= 0.6 is 0 Å². The first kappa shape index (κ1) is 15.4. The molecule has 126 valence electrons. The van der Waals surface area contributed by atoms with E-state index in [9.17, 15) is 9.59 Å². The Kier molecular flexibility index (Phi) is 3.97. The normalized spacial score (nSPS) is 17.6. The molecule has 0 unspecified atom stereocenters. The van der Waals surface area contributed by atoms with Gasteiger partial charge in [0.2, 0.25) is 0 Å². The molecule has 1 saturated heterocycles. The molecule has 0 spiro atoms. The van der Waals surface area contributed by atoms with E-state index in [4.69, 9.17) is 0 Å². The summed E-state index contributed by atoms with van der Waals surface area (Å²) in [6, 6.07) is 12.6. The van der Waals surface area contributed by atoms with Crippen molar-refractivity contribution >= 4 is 17.3 Å². The first-order valence-corrected chi connectivity index (χ1v) is 8.28. The Balaban J connectivity index is 1.52. The van der Waals surface area contributed by atoms with Crippen LogP contribution in [0, 0.1) is 5.92 Å². The number of ketones is 1. The molecule has 3 aromatic rings. The maximum Gasteiger partial charge on any atom is 0.254 e. The summed E-state index contributed by atoms with van der Waals surface area (Å²) in [5, 5.41) is 11.2. The highest BCUT2D eigenvalue weighted by molar-refractivity contribution is 5.99. The third-order valence-electron chi connectivity index (χ3n) is 4.58. The molecule has 0 N–H and O–H groups in total. The largest absolute Gasteiger partial charge is 0.338 e. The average molecular weight is 335 g/mol. The van der Waals surface area contributed by atoms with Gasteiger partial charge in [0.1, 0.15) is 0 Å². The molecule has 1 fully saturated rings. The van der Waals surface area contributed by atoms with Crippen molar-refractivity contribution in [3.05, 3.63) is 59.8 Å². The van der Waals surface area contributed by atoms with Crippen molar-refractivity contribution in [1.29, 1.82) is 0 Å². The zero-order valence-electron chi connectivity index (χ0n) is 13.6. The van der Waals surface area contributed by atoms with Gasteiger partial charge in [0.05, 0.1) is 0 Å². The highest BCUT2D eigenvalue weighted by Gasteiger charge is 2.29. The molecular formula is C18H17N5O2. The SMILES string of the molecule is O=C(c1ccccc1)[C@H]1CCCN(C(=O)c2ccn3nnnc3c2)C1. The van der Waals surface area contributed by atoms with Gasteiger partial charge in [0.15, 0.2) is 11.4 Å². The van der Waals surface area contributed by atoms with Crippen LogP contribution in [0.4, 0.5) is 0 Å². The first-order valence-electron chi connectivity index (χ1n) is 8.28. The minimum Gasteiger partial charge on any atom is -0.338 e. The lowest BCUT2D eigenvalue weighted by molar-refractivity contribution is 0.0637. The number of tetrazole rings is 1. The van der Waals surface area contributed by atoms with Gasteiger partial charge < -0.3 is 4.90 Å². The number of rotatable bonds is 3. The number of carbonyl (C=O) groups is 2. The molecule has 1 aromatic carbocycles. The molecule has 1 atom stereocenters. The fourth-order valence-electron chi connectivity index (χ4n) is 3.27. The van der Waals surface area contributed by atoms with Gasteiger partial charge in [-0.1, -0.05) is 30.3 Å². The van der Waals surface area contributed by atoms with Gasteiger partial charge in [0, 0.05) is 36.3 Å². The van der Waals surface area contributed by atoms with E-state index < -0.39 is 0 Å². The topological polar surface area (TPSA) is 80.5 Å². The molecule has 7 nitrogen and oxygen atoms in total. The summed E-state index contributed by atoms with van der Waals surface area (Å²) in [6.07, 6.45) is 3.30. The first-order chi connectivity index (χ1) is 12.2. The summed E-state index contributed by atoms with van der Waals surface area (Å²) < 4.78 is 1.51. The Morgan fingerprint density at radius 1 is 1.08 bits per heavy atom. The molecule has 0 bridgehead atoms. The zero-order valence-corrected chi connectivity index (χ0v) is 13.6. The van der Waals surface area contributed by atoms with Gasteiger partial charge in [-0.15, -0.1) is 5.10 Å². The number of Topliss-reactive ketones (excluding diaryl/α,β-unsaturated/α-hetero) is 1. The van der Waals surface area contributed by atoms with Gasteiger partial charge in [-0.25, -0.2) is 4.52 Å². The standard InChI is InChI=1S/C18H17N5O2/c24-17(13-5-2-1-3-6-13)15-7-4-9-22(12-15)18(25)14-8-10-23-16(11-14)19-20-21-23/h1-3,5-6,8,10-11,15H,4,7,9,12H2/t15-/m0/s1. The van der Waals surface area contributed by atoms with Crippen molar-refractivity contribution in [3.8, 4) is 0 Å². The van der Waals surface area contributed by atoms with E-state index in [2.05, 4.69) is 15.5 Å². The Bertz CT molecular complexity index is 921. The minimum atomic E-state index is -0.154. The van der Waals surface area contributed by atoms with E-state index in [1.165, 1.54) is 4.52 Å². The number of benzene rings is 1. The molecule has 3 heterocycles. The van der Waals surface area contributed by atoms with Crippen molar-refractivity contribution in [2.45, 2.75) is 12.8 Å². The Labute approximate surface area is 144 Å². The molecule has 2 aromatic heterocycles. The number of aromatic nitrogens is 4. The fourth-order valence-corrected chi connectivity index (χ4v) is 3.27. The number of hydrogen-bond donors (Lipinski definition) is 0. The molecule has 25 heavy (non-hydrogen) atoms. The summed E-state index contributed by atoms with van der Waals surface area (Å²) in [6.45, 7) is 1.11. The van der Waals surface area contributed by atoms with Crippen molar-refractivity contribution in [3.63, 3.8) is 0 Å². The second-order valence-corrected chi connectivity index (χ2v) is 6.22. The van der Waals surface area contributed by atoms with Crippen LogP contribution in [0.3, 0.4) is 0 Å². The number of fused-ring (bicyclic) bond motifs is 1. The number of likely N-dealkylation sites (tertiary alicyclic amines) is 1. The van der Waals surface area contributed by atoms with Crippen molar-refractivity contribution in [2.75, 3.05) is 13.1 Å². The monoisotopic (exact) mass is 335 g/mol. The maximum absolute atomic E-state index is 12.8. The zero-order chi connectivity index (χ0) is 17.2. The highest BCUT2D eigenvalue weighted by Crippen LogP contribution is 2.22. The maximum atomic E-state index is 12.8. The molecule has 0 saturated carbocycles. The number of piperidine rings is 1. The van der Waals surface area contributed by atoms with E-state index in [0.717, 1.165) is 12.8 Å². The lowest BCUT2D eigenvalue weighted by Gasteiger charge is -2.32. The number of pyridine rings is 1. The molecule has 1 aliphatic heterocycles. The highest BCUT2D eigenvalue weighted by atomic mass is 16.2. The van der Waals surface area contributed by atoms with E-state index >= 15 is 0 Å². The van der Waals surface area contributed by atoms with E-state index in [0.29, 0.717) is 29.9 Å². The van der Waals surface area contributed by atoms with Crippen LogP contribution in [0.1, 0.15) is 33.6 Å². The quantitative estimate of drug-likeness (QED) is 0.683. The number of nitrogens with zero attached hydrogens (tertiary/aromatic N) is 5. The molecule has 1 amide bonds. The minimum absolute atomic E-state index is 0.0870. The third kappa shape index (κ3) is 3.00. The van der Waals surface area contributed by atoms with Gasteiger partial charge in [-0.05, 0) is 35.4 Å². The van der Waals surface area contributed by atoms with Crippen LogP contribution in [0.2, 0.25) is 0 Å². The lowest BCUT2D eigenvalue weighted by Crippen LogP contribution is -2.42. The predicted octanol–water partition coefficient (Wildman–Crippen LogP) is 1.86. The van der Waals surface area contributed by atoms with Crippen LogP contribution in [0.5, 0.6) is 0 Å². The van der Waals surface area contributed by atoms with Gasteiger partial charge >= 0.3 is 0 Å². The Morgan fingerprint density at radius 2 is 1.92 bits per heavy atom. The van der Waals surface area contributed by atoms with Crippen LogP contribution in [0.15, 0.2) is 48.7 Å². The molecule has 0 radical (unpaired) electrons. The second kappa shape index (κ2) is 6.43. The smallest absolute Gasteiger partial charge is 0.254 e. The predicted molar refractivity (Wildman–Crippen MR) is 90.2 cm³/mol. The second-order valence-electron chi connectivity index (χ2n) is 6.22. The van der Waals surface area contributed by atoms with E-state index in [1.54, 1.807) is 23.2 Å². The molecule has 1 aliphatic rings. The summed E-state index contributed by atoms with van der Waals surface area (Å²) in [4.78, 5) is 27.2. The van der Waals surface area contributed by atoms with Gasteiger partial charge in [-0.3, -0.25) is 9.59 Å². The molecule has 0 aliphatic carbocycles. The Morgan fingerprint density at radius 3 is 2.76 bits per heavy atom. The summed E-state index contributed by atoms with van der Waals surface area (Å²) in [7, 11) is 0. The van der Waals surface area contributed by atoms with Crippen LogP contribution in [0.25, 0.3) is 5.65 Å². The van der Waals surface area contributed by atoms with E-state index in [1.807, 2.05) is 30.3 Å². The van der Waals surface area contributed by atoms with Gasteiger partial charge in [-0.2, -0.15) is 0 Å². The van der Waals surface area contributed by atoms with Crippen molar-refractivity contribution < 1.29 is 9.59 Å². The number of hydrogen-bond acceptors (Lipinski definition) is 5.